The summed E-state index contributed by atoms with van der Waals surface area (Å²) in [6.07, 6.45) is 4.29. The van der Waals surface area contributed by atoms with Crippen molar-refractivity contribution in [3.8, 4) is 0 Å². The van der Waals surface area contributed by atoms with Crippen LogP contribution in [0, 0.1) is 5.82 Å². The highest BCUT2D eigenvalue weighted by molar-refractivity contribution is 5.93. The Morgan fingerprint density at radius 1 is 1.00 bits per heavy atom. The van der Waals surface area contributed by atoms with Crippen molar-refractivity contribution in [2.24, 2.45) is 0 Å². The number of carbonyl (C=O) groups is 1. The molecular weight excluding hydrogens is 291 g/mol. The van der Waals surface area contributed by atoms with Gasteiger partial charge in [0.2, 0.25) is 5.91 Å². The number of anilines is 1. The molecule has 116 valence electrons. The third-order valence-corrected chi connectivity index (χ3v) is 3.65. The zero-order valence-corrected chi connectivity index (χ0v) is 12.5. The molecule has 0 saturated carbocycles. The molecule has 2 aromatic carbocycles. The van der Waals surface area contributed by atoms with Crippen molar-refractivity contribution >= 4 is 11.6 Å². The maximum Gasteiger partial charge on any atom is 0.247 e. The third-order valence-electron chi connectivity index (χ3n) is 3.65. The molecule has 1 atom stereocenters. The van der Waals surface area contributed by atoms with Gasteiger partial charge in [-0.2, -0.15) is 0 Å². The summed E-state index contributed by atoms with van der Waals surface area (Å²) in [6, 6.07) is 19.1. The molecule has 23 heavy (non-hydrogen) atoms. The molecule has 0 radical (unpaired) electrons. The van der Waals surface area contributed by atoms with E-state index in [4.69, 9.17) is 0 Å². The number of hydrogen-bond donors (Lipinski definition) is 1. The number of rotatable bonds is 5. The lowest BCUT2D eigenvalue weighted by molar-refractivity contribution is -0.119. The molecule has 0 fully saturated rings. The summed E-state index contributed by atoms with van der Waals surface area (Å²) >= 11 is 0. The zero-order chi connectivity index (χ0) is 16.1. The van der Waals surface area contributed by atoms with Crippen molar-refractivity contribution < 1.29 is 9.18 Å². The molecule has 3 rings (SSSR count). The second-order valence-corrected chi connectivity index (χ2v) is 5.34. The first-order chi connectivity index (χ1) is 11.2. The average molecular weight is 308 g/mol. The first kappa shape index (κ1) is 15.0. The number of hydrogen-bond acceptors (Lipinski definition) is 1. The highest BCUT2D eigenvalue weighted by atomic mass is 19.1. The number of nitrogens with one attached hydrogen (secondary N) is 1. The first-order valence-corrected chi connectivity index (χ1v) is 7.45. The predicted molar refractivity (Wildman–Crippen MR) is 88.6 cm³/mol. The van der Waals surface area contributed by atoms with Gasteiger partial charge in [-0.05, 0) is 35.9 Å². The highest BCUT2D eigenvalue weighted by Gasteiger charge is 2.20. The summed E-state index contributed by atoms with van der Waals surface area (Å²) in [5, 5.41) is 2.79. The molecule has 0 saturated heterocycles. The van der Waals surface area contributed by atoms with Gasteiger partial charge in [-0.25, -0.2) is 4.39 Å². The van der Waals surface area contributed by atoms with Gasteiger partial charge in [0.05, 0.1) is 0 Å². The van der Waals surface area contributed by atoms with Gasteiger partial charge in [0.15, 0.2) is 0 Å². The molecule has 1 aromatic heterocycles. The van der Waals surface area contributed by atoms with Crippen LogP contribution in [-0.4, -0.2) is 10.5 Å². The highest BCUT2D eigenvalue weighted by Crippen LogP contribution is 2.18. The Balaban J connectivity index is 1.82. The van der Waals surface area contributed by atoms with Gasteiger partial charge in [0.1, 0.15) is 11.9 Å². The molecule has 0 aliphatic rings. The van der Waals surface area contributed by atoms with Crippen LogP contribution in [0.4, 0.5) is 10.1 Å². The van der Waals surface area contributed by atoms with Crippen molar-refractivity contribution in [3.63, 3.8) is 0 Å². The number of nitrogens with zero attached hydrogens (tertiary/aromatic N) is 1. The van der Waals surface area contributed by atoms with Gasteiger partial charge >= 0.3 is 0 Å². The lowest BCUT2D eigenvalue weighted by Gasteiger charge is -2.19. The molecule has 0 spiro atoms. The zero-order valence-electron chi connectivity index (χ0n) is 12.5. The van der Waals surface area contributed by atoms with Crippen LogP contribution < -0.4 is 5.32 Å². The maximum atomic E-state index is 13.3. The van der Waals surface area contributed by atoms with E-state index < -0.39 is 6.04 Å². The third kappa shape index (κ3) is 3.86. The summed E-state index contributed by atoms with van der Waals surface area (Å²) in [7, 11) is 0. The Bertz CT molecular complexity index is 769. The Hall–Kier alpha value is -2.88. The molecule has 1 amide bonds. The summed E-state index contributed by atoms with van der Waals surface area (Å²) < 4.78 is 15.1. The number of amides is 1. The van der Waals surface area contributed by atoms with Crippen LogP contribution in [-0.2, 0) is 11.2 Å². The Kier molecular flexibility index (Phi) is 4.52. The number of benzene rings is 2. The quantitative estimate of drug-likeness (QED) is 0.758. The van der Waals surface area contributed by atoms with E-state index in [0.29, 0.717) is 12.1 Å². The second kappa shape index (κ2) is 6.92. The normalized spacial score (nSPS) is 11.9. The second-order valence-electron chi connectivity index (χ2n) is 5.34. The van der Waals surface area contributed by atoms with Crippen LogP contribution in [0.2, 0.25) is 0 Å². The van der Waals surface area contributed by atoms with E-state index in [1.165, 1.54) is 12.1 Å². The van der Waals surface area contributed by atoms with Crippen molar-refractivity contribution in [1.82, 2.24) is 4.57 Å². The monoisotopic (exact) mass is 308 g/mol. The summed E-state index contributed by atoms with van der Waals surface area (Å²) in [6.45, 7) is 0. The predicted octanol–water partition coefficient (Wildman–Crippen LogP) is 4.05. The van der Waals surface area contributed by atoms with Crippen LogP contribution in [0.5, 0.6) is 0 Å². The Labute approximate surface area is 134 Å². The standard InChI is InChI=1S/C19H17FN2O/c20-16-9-6-10-17(14-16)21-19(23)18(22-11-4-5-12-22)13-15-7-2-1-3-8-15/h1-12,14,18H,13H2,(H,21,23)/t18-/m1/s1. The minimum absolute atomic E-state index is 0.171. The molecule has 0 bridgehead atoms. The molecule has 4 heteroatoms. The lowest BCUT2D eigenvalue weighted by atomic mass is 10.0. The first-order valence-electron chi connectivity index (χ1n) is 7.45. The van der Waals surface area contributed by atoms with E-state index in [9.17, 15) is 9.18 Å². The van der Waals surface area contributed by atoms with E-state index in [2.05, 4.69) is 5.32 Å². The number of halogens is 1. The molecule has 1 N–H and O–H groups in total. The van der Waals surface area contributed by atoms with Crippen LogP contribution in [0.25, 0.3) is 0 Å². The van der Waals surface area contributed by atoms with Gasteiger partial charge in [0.25, 0.3) is 0 Å². The summed E-state index contributed by atoms with van der Waals surface area (Å²) in [5.41, 5.74) is 1.53. The van der Waals surface area contributed by atoms with Crippen molar-refractivity contribution in [1.29, 1.82) is 0 Å². The van der Waals surface area contributed by atoms with Gasteiger partial charge in [-0.15, -0.1) is 0 Å². The van der Waals surface area contributed by atoms with Crippen LogP contribution in [0.3, 0.4) is 0 Å². The van der Waals surface area contributed by atoms with Crippen molar-refractivity contribution in [2.75, 3.05) is 5.32 Å². The topological polar surface area (TPSA) is 34.0 Å². The van der Waals surface area contributed by atoms with Gasteiger partial charge in [-0.1, -0.05) is 36.4 Å². The fourth-order valence-electron chi connectivity index (χ4n) is 2.52. The van der Waals surface area contributed by atoms with Crippen LogP contribution >= 0.6 is 0 Å². The maximum absolute atomic E-state index is 13.3. The Morgan fingerprint density at radius 3 is 2.43 bits per heavy atom. The van der Waals surface area contributed by atoms with E-state index in [1.54, 1.807) is 12.1 Å². The molecule has 1 heterocycles. The van der Waals surface area contributed by atoms with Crippen molar-refractivity contribution in [2.45, 2.75) is 12.5 Å². The van der Waals surface area contributed by atoms with Gasteiger partial charge < -0.3 is 9.88 Å². The molecule has 0 unspecified atom stereocenters. The largest absolute Gasteiger partial charge is 0.342 e. The summed E-state index contributed by atoms with van der Waals surface area (Å²) in [5.74, 6) is -0.543. The summed E-state index contributed by atoms with van der Waals surface area (Å²) in [4.78, 5) is 12.7. The van der Waals surface area contributed by atoms with Gasteiger partial charge in [0, 0.05) is 24.5 Å². The van der Waals surface area contributed by atoms with E-state index in [0.717, 1.165) is 5.56 Å². The van der Waals surface area contributed by atoms with E-state index in [1.807, 2.05) is 59.4 Å². The number of aromatic nitrogens is 1. The smallest absolute Gasteiger partial charge is 0.247 e. The number of carbonyl (C=O) groups excluding carboxylic acids is 1. The molecule has 0 aliphatic heterocycles. The lowest BCUT2D eigenvalue weighted by Crippen LogP contribution is -2.27. The fraction of sp³-hybridized carbons (Fsp3) is 0.105. The molecule has 3 aromatic rings. The molecular formula is C19H17FN2O. The van der Waals surface area contributed by atoms with Gasteiger partial charge in [-0.3, -0.25) is 4.79 Å². The van der Waals surface area contributed by atoms with Crippen molar-refractivity contribution in [3.05, 3.63) is 90.5 Å². The minimum Gasteiger partial charge on any atom is -0.342 e. The SMILES string of the molecule is O=C(Nc1cccc(F)c1)[C@@H](Cc1ccccc1)n1cccc1. The van der Waals surface area contributed by atoms with E-state index in [-0.39, 0.29) is 11.7 Å². The molecule has 3 nitrogen and oxygen atoms in total. The van der Waals surface area contributed by atoms with E-state index >= 15 is 0 Å². The molecule has 0 aliphatic carbocycles. The minimum atomic E-state index is -0.393. The average Bonchev–Trinajstić information content (AvgIpc) is 3.07. The Morgan fingerprint density at radius 2 is 1.74 bits per heavy atom. The fourth-order valence-corrected chi connectivity index (χ4v) is 2.52. The van der Waals surface area contributed by atoms with Crippen LogP contribution in [0.1, 0.15) is 11.6 Å². The van der Waals surface area contributed by atoms with Crippen LogP contribution in [0.15, 0.2) is 79.1 Å².